The minimum Gasteiger partial charge on any atom is -0.494 e. The fraction of sp³-hybridized carbons (Fsp3) is 0.632. The minimum absolute atomic E-state index is 0. The van der Waals surface area contributed by atoms with Gasteiger partial charge in [-0.25, -0.2) is 4.99 Å². The van der Waals surface area contributed by atoms with E-state index in [2.05, 4.69) is 47.7 Å². The largest absolute Gasteiger partial charge is 0.494 e. The van der Waals surface area contributed by atoms with E-state index in [1.165, 1.54) is 5.56 Å². The van der Waals surface area contributed by atoms with Crippen LogP contribution in [0.5, 0.6) is 5.75 Å². The summed E-state index contributed by atoms with van der Waals surface area (Å²) in [5.74, 6) is 1.77. The molecule has 1 aromatic rings. The van der Waals surface area contributed by atoms with Crippen molar-refractivity contribution in [3.63, 3.8) is 0 Å². The van der Waals surface area contributed by atoms with Crippen LogP contribution in [0.4, 0.5) is 0 Å². The van der Waals surface area contributed by atoms with Crippen molar-refractivity contribution in [1.82, 2.24) is 10.6 Å². The summed E-state index contributed by atoms with van der Waals surface area (Å²) in [6, 6.07) is 6.26. The molecule has 5 nitrogen and oxygen atoms in total. The number of halogens is 1. The highest BCUT2D eigenvalue weighted by Crippen LogP contribution is 2.21. The molecule has 1 rings (SSSR count). The minimum atomic E-state index is 0. The Labute approximate surface area is 170 Å². The molecule has 2 N–H and O–H groups in total. The lowest BCUT2D eigenvalue weighted by Gasteiger charge is -2.13. The number of benzene rings is 1. The molecule has 0 aliphatic rings. The number of nitrogens with one attached hydrogen (secondary N) is 2. The third-order valence-electron chi connectivity index (χ3n) is 3.49. The molecule has 0 aliphatic carbocycles. The Morgan fingerprint density at radius 2 is 1.88 bits per heavy atom. The first-order valence-corrected chi connectivity index (χ1v) is 9.03. The number of ether oxygens (including phenoxy) is 2. The van der Waals surface area contributed by atoms with Crippen LogP contribution in [-0.4, -0.2) is 38.9 Å². The van der Waals surface area contributed by atoms with Gasteiger partial charge >= 0.3 is 0 Å². The Morgan fingerprint density at radius 3 is 2.56 bits per heavy atom. The first kappa shape index (κ1) is 24.0. The second kappa shape index (κ2) is 15.3. The number of hydrogen-bond donors (Lipinski definition) is 2. The zero-order valence-electron chi connectivity index (χ0n) is 16.1. The summed E-state index contributed by atoms with van der Waals surface area (Å²) in [5.41, 5.74) is 2.31. The molecule has 0 radical (unpaired) electrons. The van der Waals surface area contributed by atoms with Gasteiger partial charge in [-0.3, -0.25) is 0 Å². The molecular weight excluding hydrogens is 429 g/mol. The van der Waals surface area contributed by atoms with Gasteiger partial charge in [0.05, 0.1) is 13.2 Å². The van der Waals surface area contributed by atoms with Gasteiger partial charge in [0.25, 0.3) is 0 Å². The predicted molar refractivity (Wildman–Crippen MR) is 116 cm³/mol. The number of nitrogens with zero attached hydrogens (tertiary/aromatic N) is 1. The molecule has 0 spiro atoms. The molecule has 0 aromatic heterocycles. The molecule has 6 heteroatoms. The standard InChI is InChI=1S/C19H33N3O2.HI/c1-5-20-19(21-12-8-9-13-23-6-2)22-15-17-11-10-16(4)14-18(17)24-7-3;/h10-11,14H,5-9,12-13,15H2,1-4H3,(H2,20,21,22);1H. The Balaban J connectivity index is 0.00000576. The van der Waals surface area contributed by atoms with E-state index < -0.39 is 0 Å². The van der Waals surface area contributed by atoms with Crippen LogP contribution in [0.2, 0.25) is 0 Å². The van der Waals surface area contributed by atoms with Gasteiger partial charge in [0.2, 0.25) is 0 Å². The fourth-order valence-corrected chi connectivity index (χ4v) is 2.27. The van der Waals surface area contributed by atoms with E-state index in [1.807, 2.05) is 13.8 Å². The van der Waals surface area contributed by atoms with Gasteiger partial charge in [0, 0.05) is 31.9 Å². The summed E-state index contributed by atoms with van der Waals surface area (Å²) < 4.78 is 11.1. The quantitative estimate of drug-likeness (QED) is 0.226. The average Bonchev–Trinajstić information content (AvgIpc) is 2.57. The summed E-state index contributed by atoms with van der Waals surface area (Å²) in [6.07, 6.45) is 2.13. The van der Waals surface area contributed by atoms with E-state index in [-0.39, 0.29) is 24.0 Å². The maximum Gasteiger partial charge on any atom is 0.191 e. The normalized spacial score (nSPS) is 11.0. The number of aliphatic imine (C=N–C) groups is 1. The van der Waals surface area contributed by atoms with Gasteiger partial charge in [-0.1, -0.05) is 12.1 Å². The maximum atomic E-state index is 5.72. The second-order valence-corrected chi connectivity index (χ2v) is 5.57. The average molecular weight is 463 g/mol. The fourth-order valence-electron chi connectivity index (χ4n) is 2.27. The topological polar surface area (TPSA) is 54.9 Å². The lowest BCUT2D eigenvalue weighted by Crippen LogP contribution is -2.37. The van der Waals surface area contributed by atoms with E-state index in [4.69, 9.17) is 9.47 Å². The molecule has 0 saturated carbocycles. The van der Waals surface area contributed by atoms with Crippen LogP contribution in [0.25, 0.3) is 0 Å². The zero-order chi connectivity index (χ0) is 17.6. The molecule has 1 aromatic carbocycles. The van der Waals surface area contributed by atoms with E-state index in [1.54, 1.807) is 0 Å². The number of rotatable bonds is 11. The molecule has 0 amide bonds. The number of hydrogen-bond acceptors (Lipinski definition) is 3. The second-order valence-electron chi connectivity index (χ2n) is 5.57. The lowest BCUT2D eigenvalue weighted by molar-refractivity contribution is 0.143. The summed E-state index contributed by atoms with van der Waals surface area (Å²) in [7, 11) is 0. The van der Waals surface area contributed by atoms with E-state index in [0.29, 0.717) is 13.2 Å². The zero-order valence-corrected chi connectivity index (χ0v) is 18.4. The van der Waals surface area contributed by atoms with Crippen LogP contribution >= 0.6 is 24.0 Å². The molecule has 0 fully saturated rings. The van der Waals surface area contributed by atoms with Crippen LogP contribution in [0.3, 0.4) is 0 Å². The molecule has 0 heterocycles. The van der Waals surface area contributed by atoms with Crippen molar-refractivity contribution in [2.75, 3.05) is 32.9 Å². The number of aryl methyl sites for hydroxylation is 1. The third kappa shape index (κ3) is 10.5. The van der Waals surface area contributed by atoms with Gasteiger partial charge in [-0.2, -0.15) is 0 Å². The van der Waals surface area contributed by atoms with Crippen molar-refractivity contribution < 1.29 is 9.47 Å². The van der Waals surface area contributed by atoms with E-state index in [9.17, 15) is 0 Å². The van der Waals surface area contributed by atoms with Gasteiger partial charge < -0.3 is 20.1 Å². The monoisotopic (exact) mass is 463 g/mol. The van der Waals surface area contributed by atoms with Crippen molar-refractivity contribution in [3.05, 3.63) is 29.3 Å². The highest BCUT2D eigenvalue weighted by molar-refractivity contribution is 14.0. The molecule has 0 aliphatic heterocycles. The van der Waals surface area contributed by atoms with Crippen molar-refractivity contribution in [3.8, 4) is 5.75 Å². The van der Waals surface area contributed by atoms with Crippen molar-refractivity contribution in [2.24, 2.45) is 4.99 Å². The lowest BCUT2D eigenvalue weighted by atomic mass is 10.1. The van der Waals surface area contributed by atoms with Crippen molar-refractivity contribution in [1.29, 1.82) is 0 Å². The first-order chi connectivity index (χ1) is 11.7. The molecule has 0 bridgehead atoms. The molecule has 0 unspecified atom stereocenters. The molecular formula is C19H34IN3O2. The van der Waals surface area contributed by atoms with E-state index in [0.717, 1.165) is 56.4 Å². The van der Waals surface area contributed by atoms with Crippen LogP contribution in [0.15, 0.2) is 23.2 Å². The van der Waals surface area contributed by atoms with Crippen LogP contribution in [0.1, 0.15) is 44.7 Å². The maximum absolute atomic E-state index is 5.72. The highest BCUT2D eigenvalue weighted by atomic mass is 127. The predicted octanol–water partition coefficient (Wildman–Crippen LogP) is 3.88. The SMILES string of the molecule is CCNC(=NCc1ccc(C)cc1OCC)NCCCCOCC.I. The highest BCUT2D eigenvalue weighted by Gasteiger charge is 2.04. The number of guanidine groups is 1. The Morgan fingerprint density at radius 1 is 1.08 bits per heavy atom. The van der Waals surface area contributed by atoms with Gasteiger partial charge in [-0.15, -0.1) is 24.0 Å². The van der Waals surface area contributed by atoms with E-state index >= 15 is 0 Å². The molecule has 0 atom stereocenters. The first-order valence-electron chi connectivity index (χ1n) is 9.03. The molecule has 0 saturated heterocycles. The van der Waals surface area contributed by atoms with Crippen molar-refractivity contribution >= 4 is 29.9 Å². The van der Waals surface area contributed by atoms with Gasteiger partial charge in [0.1, 0.15) is 5.75 Å². The van der Waals surface area contributed by atoms with Crippen molar-refractivity contribution in [2.45, 2.75) is 47.1 Å². The van der Waals surface area contributed by atoms with Crippen LogP contribution in [0, 0.1) is 6.92 Å². The molecule has 25 heavy (non-hydrogen) atoms. The Hall–Kier alpha value is -1.02. The third-order valence-corrected chi connectivity index (χ3v) is 3.49. The van der Waals surface area contributed by atoms with Crippen LogP contribution < -0.4 is 15.4 Å². The Kier molecular flexibility index (Phi) is 14.6. The smallest absolute Gasteiger partial charge is 0.191 e. The summed E-state index contributed by atoms with van der Waals surface area (Å²) in [4.78, 5) is 4.67. The van der Waals surface area contributed by atoms with Gasteiger partial charge in [0.15, 0.2) is 5.96 Å². The van der Waals surface area contributed by atoms with Crippen LogP contribution in [-0.2, 0) is 11.3 Å². The summed E-state index contributed by atoms with van der Waals surface area (Å²) in [6.45, 7) is 12.8. The molecule has 144 valence electrons. The van der Waals surface area contributed by atoms with Gasteiger partial charge in [-0.05, 0) is 52.2 Å². The summed E-state index contributed by atoms with van der Waals surface area (Å²) >= 11 is 0. The summed E-state index contributed by atoms with van der Waals surface area (Å²) in [5, 5.41) is 6.66. The number of unbranched alkanes of at least 4 members (excludes halogenated alkanes) is 1. The Bertz CT molecular complexity index is 496.